The number of aromatic amines is 1. The van der Waals surface area contributed by atoms with Gasteiger partial charge >= 0.3 is 0 Å². The maximum Gasteiger partial charge on any atom is 0.122 e. The van der Waals surface area contributed by atoms with Crippen molar-refractivity contribution in [1.82, 2.24) is 4.98 Å². The molecule has 0 radical (unpaired) electrons. The van der Waals surface area contributed by atoms with Gasteiger partial charge in [0.25, 0.3) is 0 Å². The lowest BCUT2D eigenvalue weighted by atomic mass is 10.0. The zero-order valence-electron chi connectivity index (χ0n) is 14.8. The molecule has 2 heteroatoms. The van der Waals surface area contributed by atoms with Crippen LogP contribution in [0.4, 0.5) is 0 Å². The fourth-order valence-electron chi connectivity index (χ4n) is 3.30. The number of hydrogen-bond donors (Lipinski definition) is 1. The zero-order valence-corrected chi connectivity index (χ0v) is 14.8. The van der Waals surface area contributed by atoms with Gasteiger partial charge in [-0.2, -0.15) is 0 Å². The topological polar surface area (TPSA) is 25.0 Å². The van der Waals surface area contributed by atoms with Gasteiger partial charge in [-0.15, -0.1) is 0 Å². The molecule has 0 atom stereocenters. The average Bonchev–Trinajstić information content (AvgIpc) is 3.13. The van der Waals surface area contributed by atoms with Crippen molar-refractivity contribution in [3.8, 4) is 28.3 Å². The number of benzene rings is 3. The SMILES string of the molecule is COc1ccc2ccc(-c3ccc(-c4ccc(C)cc4)[nH]3)cc2c1C. The van der Waals surface area contributed by atoms with Crippen LogP contribution >= 0.6 is 0 Å². The molecule has 1 aromatic heterocycles. The minimum absolute atomic E-state index is 0.927. The Morgan fingerprint density at radius 1 is 0.720 bits per heavy atom. The summed E-state index contributed by atoms with van der Waals surface area (Å²) in [5.74, 6) is 0.927. The zero-order chi connectivity index (χ0) is 17.4. The van der Waals surface area contributed by atoms with Gasteiger partial charge in [-0.3, -0.25) is 0 Å². The van der Waals surface area contributed by atoms with E-state index >= 15 is 0 Å². The van der Waals surface area contributed by atoms with Crippen LogP contribution in [-0.4, -0.2) is 12.1 Å². The van der Waals surface area contributed by atoms with Crippen molar-refractivity contribution in [3.05, 3.63) is 77.9 Å². The molecule has 4 aromatic rings. The summed E-state index contributed by atoms with van der Waals surface area (Å²) in [4.78, 5) is 3.55. The van der Waals surface area contributed by atoms with Gasteiger partial charge in [0.05, 0.1) is 7.11 Å². The molecule has 0 aliphatic rings. The fourth-order valence-corrected chi connectivity index (χ4v) is 3.30. The van der Waals surface area contributed by atoms with Crippen LogP contribution < -0.4 is 4.74 Å². The van der Waals surface area contributed by atoms with Gasteiger partial charge in [0, 0.05) is 11.4 Å². The molecule has 0 aliphatic heterocycles. The average molecular weight is 327 g/mol. The predicted molar refractivity (Wildman–Crippen MR) is 105 cm³/mol. The van der Waals surface area contributed by atoms with Gasteiger partial charge in [-0.1, -0.05) is 48.0 Å². The van der Waals surface area contributed by atoms with E-state index in [0.717, 1.165) is 17.1 Å². The van der Waals surface area contributed by atoms with Gasteiger partial charge in [-0.25, -0.2) is 0 Å². The Morgan fingerprint density at radius 2 is 1.36 bits per heavy atom. The lowest BCUT2D eigenvalue weighted by Gasteiger charge is -2.09. The number of methoxy groups -OCH3 is 1. The number of aromatic nitrogens is 1. The van der Waals surface area contributed by atoms with E-state index in [0.29, 0.717) is 0 Å². The van der Waals surface area contributed by atoms with Crippen LogP contribution in [0.3, 0.4) is 0 Å². The highest BCUT2D eigenvalue weighted by Crippen LogP contribution is 2.31. The summed E-state index contributed by atoms with van der Waals surface area (Å²) in [6.07, 6.45) is 0. The second-order valence-corrected chi connectivity index (χ2v) is 6.48. The number of hydrogen-bond acceptors (Lipinski definition) is 1. The second-order valence-electron chi connectivity index (χ2n) is 6.48. The van der Waals surface area contributed by atoms with Gasteiger partial charge in [0.2, 0.25) is 0 Å². The normalized spacial score (nSPS) is 11.0. The molecule has 0 amide bonds. The van der Waals surface area contributed by atoms with Crippen LogP contribution in [0, 0.1) is 13.8 Å². The highest BCUT2D eigenvalue weighted by Gasteiger charge is 2.08. The molecule has 0 fully saturated rings. The van der Waals surface area contributed by atoms with Crippen molar-refractivity contribution in [3.63, 3.8) is 0 Å². The molecule has 0 saturated heterocycles. The van der Waals surface area contributed by atoms with Crippen LogP contribution in [0.15, 0.2) is 66.7 Å². The van der Waals surface area contributed by atoms with E-state index < -0.39 is 0 Å². The molecular formula is C23H21NO. The Morgan fingerprint density at radius 3 is 2.08 bits per heavy atom. The van der Waals surface area contributed by atoms with Crippen molar-refractivity contribution >= 4 is 10.8 Å². The van der Waals surface area contributed by atoms with E-state index in [9.17, 15) is 0 Å². The molecule has 0 unspecified atom stereocenters. The van der Waals surface area contributed by atoms with E-state index in [2.05, 4.69) is 79.5 Å². The molecule has 1 heterocycles. The Bertz CT molecular complexity index is 1040. The molecule has 124 valence electrons. The summed E-state index contributed by atoms with van der Waals surface area (Å²) in [6.45, 7) is 4.22. The first-order valence-electron chi connectivity index (χ1n) is 8.49. The quantitative estimate of drug-likeness (QED) is 0.481. The Kier molecular flexibility index (Phi) is 3.81. The van der Waals surface area contributed by atoms with E-state index in [-0.39, 0.29) is 0 Å². The molecule has 0 aliphatic carbocycles. The summed E-state index contributed by atoms with van der Waals surface area (Å²) >= 11 is 0. The van der Waals surface area contributed by atoms with Crippen LogP contribution in [0.1, 0.15) is 11.1 Å². The Balaban J connectivity index is 1.77. The number of aryl methyl sites for hydroxylation is 2. The van der Waals surface area contributed by atoms with Crippen molar-refractivity contribution in [2.45, 2.75) is 13.8 Å². The number of nitrogens with one attached hydrogen (secondary N) is 1. The first-order chi connectivity index (χ1) is 12.2. The second kappa shape index (κ2) is 6.14. The Labute approximate surface area is 148 Å². The summed E-state index contributed by atoms with van der Waals surface area (Å²) in [5, 5.41) is 2.45. The van der Waals surface area contributed by atoms with Crippen LogP contribution in [0.25, 0.3) is 33.3 Å². The summed E-state index contributed by atoms with van der Waals surface area (Å²) < 4.78 is 5.46. The van der Waals surface area contributed by atoms with Gasteiger partial charge < -0.3 is 9.72 Å². The van der Waals surface area contributed by atoms with Crippen molar-refractivity contribution < 1.29 is 4.74 Å². The maximum absolute atomic E-state index is 5.46. The minimum Gasteiger partial charge on any atom is -0.496 e. The minimum atomic E-state index is 0.927. The first-order valence-corrected chi connectivity index (χ1v) is 8.49. The molecule has 0 spiro atoms. The lowest BCUT2D eigenvalue weighted by molar-refractivity contribution is 0.412. The molecule has 3 aromatic carbocycles. The standard InChI is InChI=1S/C23H21NO/c1-15-4-6-18(7-5-15)21-11-12-22(24-21)19-9-8-17-10-13-23(25-3)16(2)20(17)14-19/h4-14,24H,1-3H3. The summed E-state index contributed by atoms with van der Waals surface area (Å²) in [7, 11) is 1.72. The smallest absolute Gasteiger partial charge is 0.122 e. The largest absolute Gasteiger partial charge is 0.496 e. The maximum atomic E-state index is 5.46. The fraction of sp³-hybridized carbons (Fsp3) is 0.130. The highest BCUT2D eigenvalue weighted by atomic mass is 16.5. The number of H-pyrrole nitrogens is 1. The number of fused-ring (bicyclic) bond motifs is 1. The number of rotatable bonds is 3. The van der Waals surface area contributed by atoms with Gasteiger partial charge in [0.1, 0.15) is 5.75 Å². The Hall–Kier alpha value is -3.00. The first kappa shape index (κ1) is 15.5. The van der Waals surface area contributed by atoms with Gasteiger partial charge in [-0.05, 0) is 65.6 Å². The molecule has 2 nitrogen and oxygen atoms in total. The lowest BCUT2D eigenvalue weighted by Crippen LogP contribution is -1.89. The third kappa shape index (κ3) is 2.80. The van der Waals surface area contributed by atoms with Crippen molar-refractivity contribution in [2.75, 3.05) is 7.11 Å². The van der Waals surface area contributed by atoms with Crippen molar-refractivity contribution in [2.24, 2.45) is 0 Å². The molecule has 0 bridgehead atoms. The summed E-state index contributed by atoms with van der Waals surface area (Å²) in [6, 6.07) is 23.6. The van der Waals surface area contributed by atoms with E-state index in [1.54, 1.807) is 7.11 Å². The highest BCUT2D eigenvalue weighted by molar-refractivity contribution is 5.91. The van der Waals surface area contributed by atoms with Crippen LogP contribution in [0.2, 0.25) is 0 Å². The third-order valence-corrected chi connectivity index (χ3v) is 4.82. The summed E-state index contributed by atoms with van der Waals surface area (Å²) in [5.41, 5.74) is 7.09. The third-order valence-electron chi connectivity index (χ3n) is 4.82. The van der Waals surface area contributed by atoms with Crippen molar-refractivity contribution in [1.29, 1.82) is 0 Å². The van der Waals surface area contributed by atoms with Gasteiger partial charge in [0.15, 0.2) is 0 Å². The van der Waals surface area contributed by atoms with E-state index in [4.69, 9.17) is 4.74 Å². The van der Waals surface area contributed by atoms with Crippen LogP contribution in [-0.2, 0) is 0 Å². The molecule has 25 heavy (non-hydrogen) atoms. The number of ether oxygens (including phenoxy) is 1. The monoisotopic (exact) mass is 327 g/mol. The van der Waals surface area contributed by atoms with Crippen LogP contribution in [0.5, 0.6) is 5.75 Å². The molecule has 1 N–H and O–H groups in total. The van der Waals surface area contributed by atoms with E-state index in [1.807, 2.05) is 6.07 Å². The molecular weight excluding hydrogens is 306 g/mol. The molecule has 4 rings (SSSR count). The van der Waals surface area contributed by atoms with E-state index in [1.165, 1.54) is 33.0 Å². The molecule has 0 saturated carbocycles. The predicted octanol–water partition coefficient (Wildman–Crippen LogP) is 6.13.